The molecule has 1 unspecified atom stereocenters. The van der Waals surface area contributed by atoms with Crippen molar-refractivity contribution in [2.24, 2.45) is 5.41 Å². The Kier molecular flexibility index (Phi) is 7.70. The molecule has 19 heavy (non-hydrogen) atoms. The average molecular weight is 326 g/mol. The van der Waals surface area contributed by atoms with Gasteiger partial charge in [0.1, 0.15) is 0 Å². The van der Waals surface area contributed by atoms with Gasteiger partial charge in [0, 0.05) is 11.0 Å². The number of rotatable bonds is 9. The summed E-state index contributed by atoms with van der Waals surface area (Å²) in [6.45, 7) is 9.00. The second kappa shape index (κ2) is 8.76. The fourth-order valence-corrected chi connectivity index (χ4v) is 3.08. The van der Waals surface area contributed by atoms with E-state index in [1.54, 1.807) is 0 Å². The number of benzene rings is 1. The first-order valence-corrected chi connectivity index (χ1v) is 8.41. The molecule has 1 aromatic carbocycles. The Bertz CT molecular complexity index is 354. The smallest absolute Gasteiger partial charge is 0.0207 e. The zero-order valence-corrected chi connectivity index (χ0v) is 14.2. The Morgan fingerprint density at radius 2 is 1.89 bits per heavy atom. The first-order valence-electron chi connectivity index (χ1n) is 7.61. The summed E-state index contributed by atoms with van der Waals surface area (Å²) >= 11 is 3.69. The maximum absolute atomic E-state index is 3.69. The third-order valence-corrected chi connectivity index (χ3v) is 4.86. The van der Waals surface area contributed by atoms with E-state index in [2.05, 4.69) is 66.3 Å². The van der Waals surface area contributed by atoms with Crippen molar-refractivity contribution < 1.29 is 0 Å². The summed E-state index contributed by atoms with van der Waals surface area (Å²) in [6, 6.07) is 8.65. The fraction of sp³-hybridized carbons (Fsp3) is 0.647. The van der Waals surface area contributed by atoms with Crippen LogP contribution in [0.1, 0.15) is 52.0 Å². The predicted molar refractivity (Wildman–Crippen MR) is 88.6 cm³/mol. The molecule has 0 amide bonds. The van der Waals surface area contributed by atoms with Gasteiger partial charge in [0.05, 0.1) is 0 Å². The van der Waals surface area contributed by atoms with E-state index in [4.69, 9.17) is 0 Å². The van der Waals surface area contributed by atoms with E-state index < -0.39 is 0 Å². The lowest BCUT2D eigenvalue weighted by molar-refractivity contribution is 0.230. The minimum atomic E-state index is 0.399. The Balaban J connectivity index is 2.85. The molecule has 1 atom stereocenters. The third kappa shape index (κ3) is 5.27. The van der Waals surface area contributed by atoms with Gasteiger partial charge < -0.3 is 5.32 Å². The molecule has 108 valence electrons. The summed E-state index contributed by atoms with van der Waals surface area (Å²) in [5.41, 5.74) is 1.84. The van der Waals surface area contributed by atoms with Gasteiger partial charge in [0.15, 0.2) is 0 Å². The summed E-state index contributed by atoms with van der Waals surface area (Å²) < 4.78 is 1.25. The molecular formula is C17H28BrN. The summed E-state index contributed by atoms with van der Waals surface area (Å²) in [6.07, 6.45) is 6.32. The van der Waals surface area contributed by atoms with Crippen LogP contribution in [-0.2, 0) is 6.42 Å². The van der Waals surface area contributed by atoms with Crippen LogP contribution in [0.4, 0.5) is 0 Å². The Morgan fingerprint density at radius 3 is 2.47 bits per heavy atom. The van der Waals surface area contributed by atoms with Gasteiger partial charge in [-0.15, -0.1) is 0 Å². The molecule has 1 aromatic rings. The monoisotopic (exact) mass is 325 g/mol. The number of hydrogen-bond donors (Lipinski definition) is 1. The molecule has 0 aliphatic carbocycles. The molecule has 0 heterocycles. The molecule has 1 rings (SSSR count). The number of unbranched alkanes of at least 4 members (excludes halogenated alkanes) is 1. The third-order valence-electron chi connectivity index (χ3n) is 4.08. The number of nitrogens with one attached hydrogen (secondary N) is 1. The molecule has 1 N–H and O–H groups in total. The van der Waals surface area contributed by atoms with Gasteiger partial charge in [-0.05, 0) is 42.9 Å². The summed E-state index contributed by atoms with van der Waals surface area (Å²) in [5.74, 6) is 0. The first-order chi connectivity index (χ1) is 9.17. The topological polar surface area (TPSA) is 12.0 Å². The highest BCUT2D eigenvalue weighted by molar-refractivity contribution is 9.10. The number of hydrogen-bond acceptors (Lipinski definition) is 1. The van der Waals surface area contributed by atoms with Crippen LogP contribution >= 0.6 is 15.9 Å². The summed E-state index contributed by atoms with van der Waals surface area (Å²) in [5, 5.41) is 3.57. The van der Waals surface area contributed by atoms with Gasteiger partial charge in [-0.3, -0.25) is 0 Å². The van der Waals surface area contributed by atoms with Crippen LogP contribution in [0.2, 0.25) is 0 Å². The summed E-state index contributed by atoms with van der Waals surface area (Å²) in [4.78, 5) is 0. The molecule has 2 heteroatoms. The van der Waals surface area contributed by atoms with E-state index in [0.717, 1.165) is 19.5 Å². The lowest BCUT2D eigenvalue weighted by atomic mass is 9.75. The van der Waals surface area contributed by atoms with Crippen molar-refractivity contribution in [2.45, 2.75) is 52.9 Å². The molecule has 0 aliphatic heterocycles. The Labute approximate surface area is 127 Å². The van der Waals surface area contributed by atoms with Gasteiger partial charge >= 0.3 is 0 Å². The standard InChI is InChI=1S/C17H28BrN/c1-4-7-12-17(5-2,14-19-6-3)13-15-10-8-9-11-16(15)18/h8-11,19H,4-7,12-14H2,1-3H3. The molecule has 0 aliphatic rings. The Hall–Kier alpha value is -0.340. The maximum atomic E-state index is 3.69. The maximum Gasteiger partial charge on any atom is 0.0207 e. The normalized spacial score (nSPS) is 14.3. The minimum absolute atomic E-state index is 0.399. The van der Waals surface area contributed by atoms with Crippen molar-refractivity contribution in [2.75, 3.05) is 13.1 Å². The molecule has 0 spiro atoms. The van der Waals surface area contributed by atoms with Crippen LogP contribution in [-0.4, -0.2) is 13.1 Å². The second-order valence-electron chi connectivity index (χ2n) is 5.51. The molecule has 0 saturated heterocycles. The Morgan fingerprint density at radius 1 is 1.16 bits per heavy atom. The van der Waals surface area contributed by atoms with E-state index in [1.165, 1.54) is 35.7 Å². The van der Waals surface area contributed by atoms with Crippen LogP contribution in [0, 0.1) is 5.41 Å². The molecule has 1 nitrogen and oxygen atoms in total. The highest BCUT2D eigenvalue weighted by Gasteiger charge is 2.28. The van der Waals surface area contributed by atoms with Gasteiger partial charge in [-0.1, -0.05) is 67.7 Å². The average Bonchev–Trinajstić information content (AvgIpc) is 2.44. The fourth-order valence-electron chi connectivity index (χ4n) is 2.65. The zero-order valence-electron chi connectivity index (χ0n) is 12.6. The lowest BCUT2D eigenvalue weighted by Gasteiger charge is -2.34. The van der Waals surface area contributed by atoms with Crippen molar-refractivity contribution in [3.8, 4) is 0 Å². The molecule has 0 radical (unpaired) electrons. The van der Waals surface area contributed by atoms with Crippen LogP contribution in [0.5, 0.6) is 0 Å². The van der Waals surface area contributed by atoms with E-state index in [0.29, 0.717) is 5.41 Å². The summed E-state index contributed by atoms with van der Waals surface area (Å²) in [7, 11) is 0. The zero-order chi connectivity index (χ0) is 14.1. The van der Waals surface area contributed by atoms with Crippen molar-refractivity contribution >= 4 is 15.9 Å². The minimum Gasteiger partial charge on any atom is -0.316 e. The number of halogens is 1. The van der Waals surface area contributed by atoms with Crippen molar-refractivity contribution in [1.82, 2.24) is 5.32 Å². The van der Waals surface area contributed by atoms with Gasteiger partial charge in [0.2, 0.25) is 0 Å². The molecule has 0 aromatic heterocycles. The van der Waals surface area contributed by atoms with Crippen LogP contribution < -0.4 is 5.32 Å². The van der Waals surface area contributed by atoms with E-state index in [1.807, 2.05) is 0 Å². The van der Waals surface area contributed by atoms with Crippen molar-refractivity contribution in [1.29, 1.82) is 0 Å². The highest BCUT2D eigenvalue weighted by Crippen LogP contribution is 2.34. The molecule has 0 saturated carbocycles. The molecule has 0 fully saturated rings. The van der Waals surface area contributed by atoms with Crippen molar-refractivity contribution in [3.63, 3.8) is 0 Å². The van der Waals surface area contributed by atoms with Gasteiger partial charge in [0.25, 0.3) is 0 Å². The molecular weight excluding hydrogens is 298 g/mol. The van der Waals surface area contributed by atoms with E-state index in [9.17, 15) is 0 Å². The molecule has 0 bridgehead atoms. The van der Waals surface area contributed by atoms with Gasteiger partial charge in [-0.2, -0.15) is 0 Å². The van der Waals surface area contributed by atoms with Crippen LogP contribution in [0.15, 0.2) is 28.7 Å². The van der Waals surface area contributed by atoms with E-state index in [-0.39, 0.29) is 0 Å². The highest BCUT2D eigenvalue weighted by atomic mass is 79.9. The largest absolute Gasteiger partial charge is 0.316 e. The lowest BCUT2D eigenvalue weighted by Crippen LogP contribution is -2.36. The second-order valence-corrected chi connectivity index (χ2v) is 6.36. The SMILES string of the molecule is CCCCC(CC)(CNCC)Cc1ccccc1Br. The quantitative estimate of drug-likeness (QED) is 0.659. The van der Waals surface area contributed by atoms with Crippen LogP contribution in [0.25, 0.3) is 0 Å². The van der Waals surface area contributed by atoms with Gasteiger partial charge in [-0.25, -0.2) is 0 Å². The van der Waals surface area contributed by atoms with Crippen molar-refractivity contribution in [3.05, 3.63) is 34.3 Å². The van der Waals surface area contributed by atoms with E-state index >= 15 is 0 Å². The van der Waals surface area contributed by atoms with Crippen LogP contribution in [0.3, 0.4) is 0 Å². The predicted octanol–water partition coefficient (Wildman–Crippen LogP) is 5.19. The first kappa shape index (κ1) is 16.7.